The number of piperidine rings is 1. The van der Waals surface area contributed by atoms with Gasteiger partial charge in [0, 0.05) is 30.8 Å². The highest BCUT2D eigenvalue weighted by molar-refractivity contribution is 5.66. The minimum absolute atomic E-state index is 0.0278. The highest BCUT2D eigenvalue weighted by Crippen LogP contribution is 2.41. The van der Waals surface area contributed by atoms with Gasteiger partial charge in [0.1, 0.15) is 12.2 Å². The molecule has 0 radical (unpaired) electrons. The zero-order valence-electron chi connectivity index (χ0n) is 15.1. The van der Waals surface area contributed by atoms with Crippen LogP contribution in [0.4, 0.5) is 0 Å². The van der Waals surface area contributed by atoms with Crippen molar-refractivity contribution in [1.82, 2.24) is 5.06 Å². The van der Waals surface area contributed by atoms with Crippen molar-refractivity contribution in [2.24, 2.45) is 0 Å². The van der Waals surface area contributed by atoms with Crippen LogP contribution in [0.3, 0.4) is 0 Å². The molecule has 1 aromatic carbocycles. The summed E-state index contributed by atoms with van der Waals surface area (Å²) in [5.74, 6) is -0.214. The van der Waals surface area contributed by atoms with Gasteiger partial charge in [0.25, 0.3) is 0 Å². The highest BCUT2D eigenvalue weighted by atomic mass is 16.7. The fourth-order valence-electron chi connectivity index (χ4n) is 3.72. The van der Waals surface area contributed by atoms with Gasteiger partial charge in [0.05, 0.1) is 0 Å². The maximum Gasteiger partial charge on any atom is 0.302 e. The van der Waals surface area contributed by atoms with Crippen molar-refractivity contribution in [3.8, 4) is 0 Å². The van der Waals surface area contributed by atoms with Crippen LogP contribution in [0.2, 0.25) is 0 Å². The molecule has 1 aliphatic heterocycles. The summed E-state index contributed by atoms with van der Waals surface area (Å²) in [6.45, 7) is 12.1. The van der Waals surface area contributed by atoms with Crippen LogP contribution in [0.1, 0.15) is 66.1 Å². The molecule has 1 fully saturated rings. The number of hydroxylamine groups is 2. The maximum atomic E-state index is 11.3. The van der Waals surface area contributed by atoms with E-state index in [1.165, 1.54) is 6.92 Å². The van der Waals surface area contributed by atoms with Crippen LogP contribution in [0.5, 0.6) is 0 Å². The summed E-state index contributed by atoms with van der Waals surface area (Å²) in [7, 11) is 0. The summed E-state index contributed by atoms with van der Waals surface area (Å²) < 4.78 is 5.48. The standard InChI is InChI=1S/C19H29NO3/c1-14(16-10-8-7-9-11-16)23-20-18(3,4)12-17(22-15(2)21)13-19(20,5)6/h7-11,14,17H,12-13H2,1-6H3/t14-/m0/s1. The zero-order valence-corrected chi connectivity index (χ0v) is 15.1. The predicted molar refractivity (Wildman–Crippen MR) is 90.7 cm³/mol. The van der Waals surface area contributed by atoms with Crippen molar-refractivity contribution in [3.05, 3.63) is 35.9 Å². The van der Waals surface area contributed by atoms with Crippen LogP contribution < -0.4 is 0 Å². The van der Waals surface area contributed by atoms with E-state index in [-0.39, 0.29) is 29.3 Å². The molecular weight excluding hydrogens is 290 g/mol. The molecule has 0 aliphatic carbocycles. The van der Waals surface area contributed by atoms with Crippen molar-refractivity contribution in [2.45, 2.75) is 77.7 Å². The molecule has 0 unspecified atom stereocenters. The molecule has 1 saturated heterocycles. The molecule has 1 atom stereocenters. The summed E-state index contributed by atoms with van der Waals surface area (Å²) in [5, 5.41) is 2.09. The molecule has 0 spiro atoms. The summed E-state index contributed by atoms with van der Waals surface area (Å²) in [6, 6.07) is 10.2. The molecule has 1 heterocycles. The van der Waals surface area contributed by atoms with Crippen molar-refractivity contribution >= 4 is 5.97 Å². The number of ether oxygens (including phenoxy) is 1. The second-order valence-electron chi connectivity index (χ2n) is 7.72. The van der Waals surface area contributed by atoms with E-state index < -0.39 is 0 Å². The molecule has 0 amide bonds. The molecular formula is C19H29NO3. The number of carbonyl (C=O) groups excluding carboxylic acids is 1. The van der Waals surface area contributed by atoms with Gasteiger partial charge >= 0.3 is 5.97 Å². The third kappa shape index (κ3) is 4.33. The minimum atomic E-state index is -0.217. The smallest absolute Gasteiger partial charge is 0.302 e. The Morgan fingerprint density at radius 3 is 2.13 bits per heavy atom. The lowest BCUT2D eigenvalue weighted by Crippen LogP contribution is -2.62. The summed E-state index contributed by atoms with van der Waals surface area (Å²) in [6.07, 6.45) is 1.43. The van der Waals surface area contributed by atoms with E-state index in [0.29, 0.717) is 0 Å². The second kappa shape index (κ2) is 6.62. The van der Waals surface area contributed by atoms with E-state index in [9.17, 15) is 4.79 Å². The number of hydrogen-bond donors (Lipinski definition) is 0. The Kier molecular flexibility index (Phi) is 5.17. The molecule has 2 rings (SSSR count). The van der Waals surface area contributed by atoms with E-state index >= 15 is 0 Å². The molecule has 0 N–H and O–H groups in total. The topological polar surface area (TPSA) is 38.8 Å². The maximum absolute atomic E-state index is 11.3. The first kappa shape index (κ1) is 18.0. The van der Waals surface area contributed by atoms with E-state index in [0.717, 1.165) is 18.4 Å². The Morgan fingerprint density at radius 1 is 1.13 bits per heavy atom. The Morgan fingerprint density at radius 2 is 1.65 bits per heavy atom. The molecule has 128 valence electrons. The third-order valence-electron chi connectivity index (χ3n) is 4.42. The lowest BCUT2D eigenvalue weighted by molar-refractivity contribution is -0.314. The fraction of sp³-hybridized carbons (Fsp3) is 0.632. The second-order valence-corrected chi connectivity index (χ2v) is 7.72. The Bertz CT molecular complexity index is 521. The van der Waals surface area contributed by atoms with Crippen LogP contribution in [0.25, 0.3) is 0 Å². The predicted octanol–water partition coefficient (Wildman–Crippen LogP) is 4.26. The first-order valence-corrected chi connectivity index (χ1v) is 8.31. The third-order valence-corrected chi connectivity index (χ3v) is 4.42. The van der Waals surface area contributed by atoms with Gasteiger partial charge in [0.15, 0.2) is 0 Å². The fourth-order valence-corrected chi connectivity index (χ4v) is 3.72. The zero-order chi connectivity index (χ0) is 17.3. The van der Waals surface area contributed by atoms with E-state index in [2.05, 4.69) is 51.8 Å². The van der Waals surface area contributed by atoms with Crippen LogP contribution >= 0.6 is 0 Å². The van der Waals surface area contributed by atoms with E-state index in [1.54, 1.807) is 0 Å². The van der Waals surface area contributed by atoms with Gasteiger partial charge in [-0.25, -0.2) is 0 Å². The molecule has 1 aliphatic rings. The van der Waals surface area contributed by atoms with Gasteiger partial charge in [-0.1, -0.05) is 30.3 Å². The molecule has 0 saturated carbocycles. The Hall–Kier alpha value is -1.39. The van der Waals surface area contributed by atoms with Gasteiger partial charge in [-0.2, -0.15) is 5.06 Å². The van der Waals surface area contributed by atoms with Gasteiger partial charge in [-0.15, -0.1) is 0 Å². The molecule has 0 bridgehead atoms. The Labute approximate surface area is 139 Å². The van der Waals surface area contributed by atoms with Crippen LogP contribution in [-0.2, 0) is 14.4 Å². The number of carbonyl (C=O) groups is 1. The number of hydrogen-bond acceptors (Lipinski definition) is 4. The quantitative estimate of drug-likeness (QED) is 0.777. The lowest BCUT2D eigenvalue weighted by Gasteiger charge is -2.54. The minimum Gasteiger partial charge on any atom is -0.462 e. The first-order valence-electron chi connectivity index (χ1n) is 8.31. The molecule has 4 nitrogen and oxygen atoms in total. The average molecular weight is 319 g/mol. The summed E-state index contributed by atoms with van der Waals surface area (Å²) in [5.41, 5.74) is 0.719. The first-order chi connectivity index (χ1) is 10.6. The largest absolute Gasteiger partial charge is 0.462 e. The monoisotopic (exact) mass is 319 g/mol. The van der Waals surface area contributed by atoms with Crippen molar-refractivity contribution in [2.75, 3.05) is 0 Å². The normalized spacial score (nSPS) is 22.5. The number of esters is 1. The van der Waals surface area contributed by atoms with Gasteiger partial charge in [-0.3, -0.25) is 9.63 Å². The van der Waals surface area contributed by atoms with Crippen LogP contribution in [0.15, 0.2) is 30.3 Å². The molecule has 4 heteroatoms. The SMILES string of the molecule is CC(=O)OC1CC(C)(C)N(O[C@@H](C)c2ccccc2)C(C)(C)C1. The summed E-state index contributed by atoms with van der Waals surface area (Å²) in [4.78, 5) is 17.7. The van der Waals surface area contributed by atoms with Gasteiger partial charge in [0.2, 0.25) is 0 Å². The summed E-state index contributed by atoms with van der Waals surface area (Å²) >= 11 is 0. The van der Waals surface area contributed by atoms with Crippen LogP contribution in [0, 0.1) is 0 Å². The number of rotatable bonds is 4. The van der Waals surface area contributed by atoms with E-state index in [1.807, 2.05) is 18.2 Å². The highest BCUT2D eigenvalue weighted by Gasteiger charge is 2.48. The van der Waals surface area contributed by atoms with Crippen molar-refractivity contribution < 1.29 is 14.4 Å². The molecule has 23 heavy (non-hydrogen) atoms. The van der Waals surface area contributed by atoms with Crippen LogP contribution in [-0.4, -0.2) is 28.2 Å². The molecule has 1 aromatic rings. The Balaban J connectivity index is 2.16. The number of benzene rings is 1. The van der Waals surface area contributed by atoms with E-state index in [4.69, 9.17) is 9.57 Å². The van der Waals surface area contributed by atoms with Crippen molar-refractivity contribution in [1.29, 1.82) is 0 Å². The average Bonchev–Trinajstić information content (AvgIpc) is 2.42. The number of nitrogens with zero attached hydrogens (tertiary/aromatic N) is 1. The van der Waals surface area contributed by atoms with Gasteiger partial charge < -0.3 is 4.74 Å². The van der Waals surface area contributed by atoms with Gasteiger partial charge in [-0.05, 0) is 40.2 Å². The molecule has 0 aromatic heterocycles. The lowest BCUT2D eigenvalue weighted by atomic mass is 9.80. The van der Waals surface area contributed by atoms with Crippen molar-refractivity contribution in [3.63, 3.8) is 0 Å².